The van der Waals surface area contributed by atoms with Gasteiger partial charge in [0.05, 0.1) is 6.04 Å². The molecule has 2 atom stereocenters. The van der Waals surface area contributed by atoms with Crippen LogP contribution in [0.15, 0.2) is 35.9 Å². The number of nitrogens with one attached hydrogen (secondary N) is 3. The lowest BCUT2D eigenvalue weighted by atomic mass is 9.76. The molecule has 4 N–H and O–H groups in total. The van der Waals surface area contributed by atoms with E-state index in [9.17, 15) is 14.4 Å². The normalized spacial score (nSPS) is 13.0. The third kappa shape index (κ3) is 12.7. The van der Waals surface area contributed by atoms with Gasteiger partial charge in [0.1, 0.15) is 6.04 Å². The number of carbonyl (C=O) groups is 3. The standard InChI is InChI=1S/C26H42N4O4.C3H8.C2H6/c1-10-28-19-13-11-12-18(16-19)26(6,7)20(27-8)22(31)29-21(25(3,4)5)23(32)30(9)15-14-17(2)24(33)34;1-3-2;1-2/h11-14,16,20-21,27-28H,10,15H2,1-9H3,(H,29,31)(H,33,34);3H2,1-2H3;1-2H3/b17-14+;;. The van der Waals surface area contributed by atoms with Crippen molar-refractivity contribution in [1.29, 1.82) is 0 Å². The van der Waals surface area contributed by atoms with E-state index in [0.717, 1.165) is 17.8 Å². The van der Waals surface area contributed by atoms with E-state index in [-0.39, 0.29) is 23.9 Å². The van der Waals surface area contributed by atoms with Crippen molar-refractivity contribution in [2.75, 3.05) is 32.5 Å². The zero-order chi connectivity index (χ0) is 31.0. The molecule has 1 aromatic rings. The van der Waals surface area contributed by atoms with Crippen molar-refractivity contribution < 1.29 is 19.5 Å². The molecule has 0 aliphatic heterocycles. The van der Waals surface area contributed by atoms with E-state index in [1.54, 1.807) is 14.1 Å². The monoisotopic (exact) mass is 548 g/mol. The maximum atomic E-state index is 13.5. The van der Waals surface area contributed by atoms with Gasteiger partial charge in [-0.25, -0.2) is 4.79 Å². The van der Waals surface area contributed by atoms with Gasteiger partial charge >= 0.3 is 5.97 Å². The molecular formula is C31H56N4O4. The number of carboxylic acids is 1. The predicted molar refractivity (Wildman–Crippen MR) is 164 cm³/mol. The molecule has 0 saturated carbocycles. The quantitative estimate of drug-likeness (QED) is 0.274. The predicted octanol–water partition coefficient (Wildman–Crippen LogP) is 5.45. The largest absolute Gasteiger partial charge is 0.478 e. The third-order valence-corrected chi connectivity index (χ3v) is 6.04. The average molecular weight is 549 g/mol. The lowest BCUT2D eigenvalue weighted by Gasteiger charge is -2.38. The summed E-state index contributed by atoms with van der Waals surface area (Å²) in [6, 6.07) is 6.60. The number of aliphatic carboxylic acids is 1. The molecule has 0 aromatic heterocycles. The fourth-order valence-corrected chi connectivity index (χ4v) is 3.77. The van der Waals surface area contributed by atoms with Gasteiger partial charge in [-0.3, -0.25) is 9.59 Å². The van der Waals surface area contributed by atoms with Crippen LogP contribution in [0.25, 0.3) is 0 Å². The molecule has 2 unspecified atom stereocenters. The minimum Gasteiger partial charge on any atom is -0.478 e. The molecule has 0 radical (unpaired) electrons. The van der Waals surface area contributed by atoms with Crippen LogP contribution in [0.2, 0.25) is 0 Å². The van der Waals surface area contributed by atoms with Crippen LogP contribution < -0.4 is 16.0 Å². The first kappa shape index (κ1) is 38.3. The molecule has 8 nitrogen and oxygen atoms in total. The molecule has 0 spiro atoms. The van der Waals surface area contributed by atoms with E-state index in [2.05, 4.69) is 29.8 Å². The van der Waals surface area contributed by atoms with Gasteiger partial charge in [0, 0.05) is 36.8 Å². The van der Waals surface area contributed by atoms with Gasteiger partial charge in [-0.1, -0.05) is 86.9 Å². The van der Waals surface area contributed by atoms with Crippen LogP contribution >= 0.6 is 0 Å². The number of anilines is 1. The highest BCUT2D eigenvalue weighted by atomic mass is 16.4. The van der Waals surface area contributed by atoms with Crippen LogP contribution in [0.3, 0.4) is 0 Å². The van der Waals surface area contributed by atoms with Gasteiger partial charge in [0.15, 0.2) is 0 Å². The molecule has 0 saturated heterocycles. The highest BCUT2D eigenvalue weighted by Crippen LogP contribution is 2.30. The van der Waals surface area contributed by atoms with Crippen molar-refractivity contribution in [2.24, 2.45) is 5.41 Å². The number of carbonyl (C=O) groups excluding carboxylic acids is 2. The summed E-state index contributed by atoms with van der Waals surface area (Å²) in [6.45, 7) is 22.4. The highest BCUT2D eigenvalue weighted by Gasteiger charge is 2.40. The van der Waals surface area contributed by atoms with Crippen molar-refractivity contribution in [3.8, 4) is 0 Å². The van der Waals surface area contributed by atoms with E-state index in [1.165, 1.54) is 24.3 Å². The minimum absolute atomic E-state index is 0.136. The van der Waals surface area contributed by atoms with E-state index in [0.29, 0.717) is 0 Å². The fraction of sp³-hybridized carbons (Fsp3) is 0.645. The summed E-state index contributed by atoms with van der Waals surface area (Å²) in [5.41, 5.74) is 1.01. The number of hydrogen-bond acceptors (Lipinski definition) is 5. The van der Waals surface area contributed by atoms with Crippen molar-refractivity contribution in [3.63, 3.8) is 0 Å². The van der Waals surface area contributed by atoms with E-state index < -0.39 is 28.9 Å². The molecule has 0 aliphatic rings. The molecule has 1 aromatic carbocycles. The number of likely N-dealkylation sites (N-methyl/N-ethyl adjacent to an activating group) is 2. The fourth-order valence-electron chi connectivity index (χ4n) is 3.77. The maximum absolute atomic E-state index is 13.5. The summed E-state index contributed by atoms with van der Waals surface area (Å²) < 4.78 is 0. The highest BCUT2D eigenvalue weighted by molar-refractivity contribution is 5.91. The third-order valence-electron chi connectivity index (χ3n) is 6.04. The Morgan fingerprint density at radius 1 is 1.03 bits per heavy atom. The van der Waals surface area contributed by atoms with Gasteiger partial charge in [-0.05, 0) is 44.0 Å². The summed E-state index contributed by atoms with van der Waals surface area (Å²) in [4.78, 5) is 39.2. The molecular weight excluding hydrogens is 492 g/mol. The second-order valence-corrected chi connectivity index (χ2v) is 11.0. The molecule has 8 heteroatoms. The van der Waals surface area contributed by atoms with Gasteiger partial charge < -0.3 is 26.0 Å². The number of hydrogen-bond donors (Lipinski definition) is 4. The van der Waals surface area contributed by atoms with Crippen LogP contribution in [0.5, 0.6) is 0 Å². The van der Waals surface area contributed by atoms with Crippen LogP contribution in [0, 0.1) is 5.41 Å². The number of nitrogens with zero attached hydrogens (tertiary/aromatic N) is 1. The van der Waals surface area contributed by atoms with Crippen molar-refractivity contribution in [2.45, 2.75) is 100 Å². The van der Waals surface area contributed by atoms with Gasteiger partial charge in [0.2, 0.25) is 11.8 Å². The maximum Gasteiger partial charge on any atom is 0.331 e. The molecule has 224 valence electrons. The van der Waals surface area contributed by atoms with Crippen molar-refractivity contribution >= 4 is 23.5 Å². The Balaban J connectivity index is 0. The van der Waals surface area contributed by atoms with Crippen LogP contribution in [-0.2, 0) is 19.8 Å². The summed E-state index contributed by atoms with van der Waals surface area (Å²) in [5, 5.41) is 18.5. The lowest BCUT2D eigenvalue weighted by Crippen LogP contribution is -2.60. The Morgan fingerprint density at radius 3 is 2.00 bits per heavy atom. The summed E-state index contributed by atoms with van der Waals surface area (Å²) in [6.07, 6.45) is 2.73. The Hall–Kier alpha value is -2.87. The second-order valence-electron chi connectivity index (χ2n) is 11.0. The van der Waals surface area contributed by atoms with Crippen molar-refractivity contribution in [1.82, 2.24) is 15.5 Å². The van der Waals surface area contributed by atoms with Crippen LogP contribution in [0.4, 0.5) is 5.69 Å². The SMILES string of the molecule is CC.CCC.CCNc1cccc(C(C)(C)C(NC)C(=O)NC(C(=O)N(C)C/C=C(\C)C(=O)O)C(C)(C)C)c1. The number of amides is 2. The zero-order valence-electron chi connectivity index (χ0n) is 26.8. The molecule has 0 fully saturated rings. The summed E-state index contributed by atoms with van der Waals surface area (Å²) >= 11 is 0. The number of benzene rings is 1. The minimum atomic E-state index is -1.03. The average Bonchev–Trinajstić information content (AvgIpc) is 2.86. The Bertz CT molecular complexity index is 919. The lowest BCUT2D eigenvalue weighted by molar-refractivity contribution is -0.139. The zero-order valence-corrected chi connectivity index (χ0v) is 26.8. The van der Waals surface area contributed by atoms with Gasteiger partial charge in [0.25, 0.3) is 0 Å². The summed E-state index contributed by atoms with van der Waals surface area (Å²) in [5.74, 6) is -1.59. The Labute approximate surface area is 238 Å². The van der Waals surface area contributed by atoms with Crippen molar-refractivity contribution in [3.05, 3.63) is 41.5 Å². The van der Waals surface area contributed by atoms with Gasteiger partial charge in [-0.15, -0.1) is 0 Å². The molecule has 39 heavy (non-hydrogen) atoms. The van der Waals surface area contributed by atoms with E-state index in [4.69, 9.17) is 5.11 Å². The Morgan fingerprint density at radius 2 is 1.56 bits per heavy atom. The smallest absolute Gasteiger partial charge is 0.331 e. The van der Waals surface area contributed by atoms with Gasteiger partial charge in [-0.2, -0.15) is 0 Å². The second kappa shape index (κ2) is 18.4. The van der Waals surface area contributed by atoms with E-state index >= 15 is 0 Å². The first-order valence-electron chi connectivity index (χ1n) is 14.0. The molecule has 2 amide bonds. The molecule has 0 aliphatic carbocycles. The Kier molecular flexibility index (Phi) is 18.1. The number of carboxylic acid groups (broad SMARTS) is 1. The van der Waals surface area contributed by atoms with Crippen LogP contribution in [0.1, 0.15) is 88.1 Å². The van der Waals surface area contributed by atoms with Crippen LogP contribution in [-0.4, -0.2) is 67.1 Å². The topological polar surface area (TPSA) is 111 Å². The molecule has 0 bridgehead atoms. The first-order valence-corrected chi connectivity index (χ1v) is 14.0. The summed E-state index contributed by atoms with van der Waals surface area (Å²) in [7, 11) is 3.34. The van der Waals surface area contributed by atoms with E-state index in [1.807, 2.05) is 79.7 Å². The number of rotatable bonds is 11. The molecule has 1 rings (SSSR count). The first-order chi connectivity index (χ1) is 18.1. The molecule has 0 heterocycles.